The summed E-state index contributed by atoms with van der Waals surface area (Å²) in [4.78, 5) is 48.3. The third-order valence-electron chi connectivity index (χ3n) is 4.85. The molecule has 0 aliphatic heterocycles. The first-order chi connectivity index (χ1) is 17.1. The largest absolute Gasteiger partial charge is 0.493 e. The van der Waals surface area contributed by atoms with Crippen molar-refractivity contribution in [3.05, 3.63) is 59.0 Å². The summed E-state index contributed by atoms with van der Waals surface area (Å²) in [5, 5.41) is 22.8. The van der Waals surface area contributed by atoms with Crippen LogP contribution in [0.4, 0.5) is 4.39 Å². The van der Waals surface area contributed by atoms with Crippen molar-refractivity contribution < 1.29 is 48.0 Å². The zero-order valence-electron chi connectivity index (χ0n) is 19.7. The van der Waals surface area contributed by atoms with Gasteiger partial charge in [-0.05, 0) is 42.3 Å². The molecule has 192 valence electrons. The first-order valence-corrected chi connectivity index (χ1v) is 10.4. The molecule has 11 nitrogen and oxygen atoms in total. The highest BCUT2D eigenvalue weighted by Gasteiger charge is 2.25. The minimum atomic E-state index is -1.54. The molecule has 0 radical (unpaired) electrons. The monoisotopic (exact) mass is 504 g/mol. The van der Waals surface area contributed by atoms with Gasteiger partial charge in [-0.1, -0.05) is 12.1 Å². The number of ether oxygens (including phenoxy) is 3. The number of carbonyl (C=O) groups is 4. The van der Waals surface area contributed by atoms with E-state index in [1.807, 2.05) is 0 Å². The number of hydrogen-bond donors (Lipinski definition) is 4. The maximum absolute atomic E-state index is 13.3. The van der Waals surface area contributed by atoms with Gasteiger partial charge in [-0.3, -0.25) is 14.4 Å². The zero-order valence-corrected chi connectivity index (χ0v) is 19.7. The van der Waals surface area contributed by atoms with Crippen LogP contribution in [-0.4, -0.2) is 61.3 Å². The van der Waals surface area contributed by atoms with Gasteiger partial charge in [0.25, 0.3) is 11.8 Å². The van der Waals surface area contributed by atoms with Crippen LogP contribution in [0.25, 0.3) is 6.08 Å². The van der Waals surface area contributed by atoms with Gasteiger partial charge in [0, 0.05) is 12.0 Å². The van der Waals surface area contributed by atoms with Gasteiger partial charge in [-0.15, -0.1) is 0 Å². The number of aliphatic carboxylic acids is 2. The Kier molecular flexibility index (Phi) is 9.78. The van der Waals surface area contributed by atoms with Crippen LogP contribution in [0.1, 0.15) is 28.8 Å². The Morgan fingerprint density at radius 3 is 2.03 bits per heavy atom. The molecular formula is C24H25FN2O9. The summed E-state index contributed by atoms with van der Waals surface area (Å²) in [6.07, 6.45) is 0.313. The second-order valence-electron chi connectivity index (χ2n) is 7.27. The quantitative estimate of drug-likeness (QED) is 0.317. The second-order valence-corrected chi connectivity index (χ2v) is 7.27. The Balaban J connectivity index is 2.42. The van der Waals surface area contributed by atoms with E-state index in [2.05, 4.69) is 10.6 Å². The van der Waals surface area contributed by atoms with Gasteiger partial charge < -0.3 is 35.1 Å². The number of halogens is 1. The standard InChI is InChI=1S/C24H25FN2O9/c1-34-18-11-14(12-19(35-2)21(18)36-3)22(30)27-17(10-13-4-6-15(25)7-5-13)23(31)26-16(24(32)33)8-9-20(28)29/h4-7,10-12,16H,8-9H2,1-3H3,(H,26,31)(H,27,30)(H,28,29)(H,32,33)/b17-10+/t16-/m1/s1. The van der Waals surface area contributed by atoms with Crippen molar-refractivity contribution in [3.63, 3.8) is 0 Å². The molecule has 0 saturated heterocycles. The fourth-order valence-corrected chi connectivity index (χ4v) is 3.05. The molecule has 0 aliphatic rings. The first-order valence-electron chi connectivity index (χ1n) is 10.4. The van der Waals surface area contributed by atoms with Crippen molar-refractivity contribution in [1.82, 2.24) is 10.6 Å². The summed E-state index contributed by atoms with van der Waals surface area (Å²) in [6.45, 7) is 0. The number of rotatable bonds is 12. The molecule has 0 aliphatic carbocycles. The Morgan fingerprint density at radius 2 is 1.56 bits per heavy atom. The van der Waals surface area contributed by atoms with Gasteiger partial charge in [0.1, 0.15) is 17.6 Å². The summed E-state index contributed by atoms with van der Waals surface area (Å²) in [5.41, 5.74) is -0.0333. The molecule has 0 spiro atoms. The van der Waals surface area contributed by atoms with Crippen LogP contribution in [0.2, 0.25) is 0 Å². The van der Waals surface area contributed by atoms with Gasteiger partial charge >= 0.3 is 11.9 Å². The van der Waals surface area contributed by atoms with Crippen molar-refractivity contribution in [2.45, 2.75) is 18.9 Å². The average Bonchev–Trinajstić information content (AvgIpc) is 2.85. The van der Waals surface area contributed by atoms with Gasteiger partial charge in [0.05, 0.1) is 21.3 Å². The van der Waals surface area contributed by atoms with Crippen LogP contribution in [0.3, 0.4) is 0 Å². The minimum Gasteiger partial charge on any atom is -0.493 e. The maximum Gasteiger partial charge on any atom is 0.326 e. The van der Waals surface area contributed by atoms with Gasteiger partial charge in [0.2, 0.25) is 5.75 Å². The molecule has 1 atom stereocenters. The Bertz CT molecular complexity index is 1140. The third-order valence-corrected chi connectivity index (χ3v) is 4.85. The van der Waals surface area contributed by atoms with Crippen LogP contribution in [0, 0.1) is 5.82 Å². The number of carbonyl (C=O) groups excluding carboxylic acids is 2. The van der Waals surface area contributed by atoms with Crippen molar-refractivity contribution >= 4 is 29.8 Å². The molecular weight excluding hydrogens is 479 g/mol. The van der Waals surface area contributed by atoms with Crippen LogP contribution in [0.15, 0.2) is 42.1 Å². The Morgan fingerprint density at radius 1 is 0.972 bits per heavy atom. The zero-order chi connectivity index (χ0) is 26.8. The highest BCUT2D eigenvalue weighted by molar-refractivity contribution is 6.06. The fraction of sp³-hybridized carbons (Fsp3) is 0.250. The van der Waals surface area contributed by atoms with Crippen molar-refractivity contribution in [1.29, 1.82) is 0 Å². The number of carboxylic acid groups (broad SMARTS) is 2. The highest BCUT2D eigenvalue weighted by Crippen LogP contribution is 2.38. The van der Waals surface area contributed by atoms with Gasteiger partial charge in [-0.2, -0.15) is 0 Å². The van der Waals surface area contributed by atoms with Gasteiger partial charge in [0.15, 0.2) is 11.5 Å². The summed E-state index contributed by atoms with van der Waals surface area (Å²) in [7, 11) is 4.10. The molecule has 2 amide bonds. The Hall–Kier alpha value is -4.61. The van der Waals surface area contributed by atoms with E-state index in [-0.39, 0.29) is 34.9 Å². The minimum absolute atomic E-state index is 0.0166. The lowest BCUT2D eigenvalue weighted by Gasteiger charge is -2.17. The molecule has 0 saturated carbocycles. The molecule has 36 heavy (non-hydrogen) atoms. The smallest absolute Gasteiger partial charge is 0.326 e. The number of nitrogens with one attached hydrogen (secondary N) is 2. The Labute approximate surface area is 205 Å². The van der Waals surface area contributed by atoms with E-state index in [4.69, 9.17) is 19.3 Å². The van der Waals surface area contributed by atoms with E-state index in [1.165, 1.54) is 51.7 Å². The van der Waals surface area contributed by atoms with E-state index in [0.717, 1.165) is 12.1 Å². The fourth-order valence-electron chi connectivity index (χ4n) is 3.05. The van der Waals surface area contributed by atoms with E-state index < -0.39 is 42.0 Å². The number of hydrogen-bond acceptors (Lipinski definition) is 7. The molecule has 12 heteroatoms. The van der Waals surface area contributed by atoms with E-state index in [1.54, 1.807) is 0 Å². The van der Waals surface area contributed by atoms with Crippen LogP contribution >= 0.6 is 0 Å². The summed E-state index contributed by atoms with van der Waals surface area (Å²) in [6, 6.07) is 6.10. The van der Waals surface area contributed by atoms with Crippen LogP contribution < -0.4 is 24.8 Å². The topological polar surface area (TPSA) is 160 Å². The molecule has 2 rings (SSSR count). The third kappa shape index (κ3) is 7.45. The van der Waals surface area contributed by atoms with Crippen LogP contribution in [-0.2, 0) is 14.4 Å². The average molecular weight is 504 g/mol. The summed E-state index contributed by atoms with van der Waals surface area (Å²) < 4.78 is 29.0. The summed E-state index contributed by atoms with van der Waals surface area (Å²) >= 11 is 0. The maximum atomic E-state index is 13.3. The van der Waals surface area contributed by atoms with Crippen molar-refractivity contribution in [2.24, 2.45) is 0 Å². The van der Waals surface area contributed by atoms with Crippen molar-refractivity contribution in [2.75, 3.05) is 21.3 Å². The molecule has 0 bridgehead atoms. The van der Waals surface area contributed by atoms with E-state index >= 15 is 0 Å². The lowest BCUT2D eigenvalue weighted by Crippen LogP contribution is -2.44. The molecule has 2 aromatic rings. The number of benzene rings is 2. The number of carboxylic acids is 2. The molecule has 0 heterocycles. The number of methoxy groups -OCH3 is 3. The molecule has 0 fully saturated rings. The molecule has 0 unspecified atom stereocenters. The van der Waals surface area contributed by atoms with Gasteiger partial charge in [-0.25, -0.2) is 9.18 Å². The molecule has 2 aromatic carbocycles. The van der Waals surface area contributed by atoms with Crippen LogP contribution in [0.5, 0.6) is 17.2 Å². The molecule has 0 aromatic heterocycles. The first kappa shape index (κ1) is 27.6. The highest BCUT2D eigenvalue weighted by atomic mass is 19.1. The number of amides is 2. The predicted octanol–water partition coefficient (Wildman–Crippen LogP) is 2.06. The van der Waals surface area contributed by atoms with E-state index in [9.17, 15) is 28.7 Å². The van der Waals surface area contributed by atoms with Crippen molar-refractivity contribution in [3.8, 4) is 17.2 Å². The van der Waals surface area contributed by atoms with E-state index in [0.29, 0.717) is 5.56 Å². The second kappa shape index (κ2) is 12.7. The lowest BCUT2D eigenvalue weighted by atomic mass is 10.1. The SMILES string of the molecule is COc1cc(C(=O)N/C(=C/c2ccc(F)cc2)C(=O)N[C@H](CCC(=O)O)C(=O)O)cc(OC)c1OC. The lowest BCUT2D eigenvalue weighted by molar-refractivity contribution is -0.142. The molecule has 4 N–H and O–H groups in total. The predicted molar refractivity (Wildman–Crippen MR) is 124 cm³/mol. The normalized spacial score (nSPS) is 11.7. The summed E-state index contributed by atoms with van der Waals surface area (Å²) in [5.74, 6) is -4.42.